The van der Waals surface area contributed by atoms with Gasteiger partial charge in [0.05, 0.1) is 0 Å². The molecular formula is C10H19ClN4O. The minimum absolute atomic E-state index is 0. The maximum Gasteiger partial charge on any atom is 0.271 e. The summed E-state index contributed by atoms with van der Waals surface area (Å²) in [4.78, 5) is 11.5. The van der Waals surface area contributed by atoms with E-state index < -0.39 is 0 Å². The molecule has 0 aromatic carbocycles. The van der Waals surface area contributed by atoms with Crippen LogP contribution in [-0.2, 0) is 7.05 Å². The number of halogens is 1. The maximum absolute atomic E-state index is 11.5. The molecule has 0 bridgehead atoms. The fourth-order valence-corrected chi connectivity index (χ4v) is 1.41. The number of amides is 1. The van der Waals surface area contributed by atoms with Gasteiger partial charge < -0.3 is 11.1 Å². The Labute approximate surface area is 102 Å². The Morgan fingerprint density at radius 2 is 2.25 bits per heavy atom. The van der Waals surface area contributed by atoms with E-state index in [1.807, 2.05) is 13.1 Å². The van der Waals surface area contributed by atoms with Gasteiger partial charge in [0, 0.05) is 25.8 Å². The van der Waals surface area contributed by atoms with Crippen molar-refractivity contribution in [3.8, 4) is 0 Å². The second-order valence-electron chi connectivity index (χ2n) is 3.78. The summed E-state index contributed by atoms with van der Waals surface area (Å²) in [5.74, 6) is 0.196. The minimum atomic E-state index is -0.164. The van der Waals surface area contributed by atoms with Crippen molar-refractivity contribution >= 4 is 18.3 Å². The van der Waals surface area contributed by atoms with E-state index in [0.29, 0.717) is 24.7 Å². The predicted octanol–water partition coefficient (Wildman–Crippen LogP) is 0.654. The highest BCUT2D eigenvalue weighted by atomic mass is 35.5. The third-order valence-electron chi connectivity index (χ3n) is 2.17. The molecule has 0 aliphatic carbocycles. The van der Waals surface area contributed by atoms with Gasteiger partial charge in [-0.1, -0.05) is 13.8 Å². The lowest BCUT2D eigenvalue weighted by molar-refractivity contribution is 0.0949. The summed E-state index contributed by atoms with van der Waals surface area (Å²) in [5, 5.41) is 6.84. The first kappa shape index (κ1) is 14.9. The van der Waals surface area contributed by atoms with Crippen LogP contribution in [0.4, 0.5) is 0 Å². The molecule has 0 aliphatic heterocycles. The number of carbonyl (C=O) groups excluding carboxylic acids is 1. The molecule has 0 fully saturated rings. The standard InChI is InChI=1S/C10H18N4O.ClH/c1-7(2)9-6-8(13-14(9)3)10(15)12-5-4-11;/h6-7H,4-5,11H2,1-3H3,(H,12,15);1H. The van der Waals surface area contributed by atoms with E-state index in [0.717, 1.165) is 5.69 Å². The monoisotopic (exact) mass is 246 g/mol. The first-order valence-electron chi connectivity index (χ1n) is 5.08. The van der Waals surface area contributed by atoms with Crippen molar-refractivity contribution in [3.63, 3.8) is 0 Å². The average Bonchev–Trinajstić information content (AvgIpc) is 2.56. The predicted molar refractivity (Wildman–Crippen MR) is 65.9 cm³/mol. The van der Waals surface area contributed by atoms with Crippen molar-refractivity contribution < 1.29 is 4.79 Å². The quantitative estimate of drug-likeness (QED) is 0.820. The van der Waals surface area contributed by atoms with Gasteiger partial charge in [-0.15, -0.1) is 12.4 Å². The molecule has 6 heteroatoms. The van der Waals surface area contributed by atoms with Crippen molar-refractivity contribution in [3.05, 3.63) is 17.5 Å². The Balaban J connectivity index is 0.00000225. The van der Waals surface area contributed by atoms with Crippen LogP contribution in [0.25, 0.3) is 0 Å². The van der Waals surface area contributed by atoms with Gasteiger partial charge in [-0.05, 0) is 12.0 Å². The summed E-state index contributed by atoms with van der Waals surface area (Å²) in [5.41, 5.74) is 6.80. The molecular weight excluding hydrogens is 228 g/mol. The van der Waals surface area contributed by atoms with Crippen LogP contribution in [-0.4, -0.2) is 28.8 Å². The molecule has 1 aromatic heterocycles. The van der Waals surface area contributed by atoms with E-state index in [-0.39, 0.29) is 18.3 Å². The number of aromatic nitrogens is 2. The summed E-state index contributed by atoms with van der Waals surface area (Å²) >= 11 is 0. The zero-order valence-corrected chi connectivity index (χ0v) is 10.7. The van der Waals surface area contributed by atoms with Gasteiger partial charge in [0.1, 0.15) is 5.69 Å². The maximum atomic E-state index is 11.5. The number of hydrogen-bond acceptors (Lipinski definition) is 3. The van der Waals surface area contributed by atoms with Gasteiger partial charge in [-0.25, -0.2) is 0 Å². The number of nitrogens with zero attached hydrogens (tertiary/aromatic N) is 2. The van der Waals surface area contributed by atoms with E-state index in [2.05, 4.69) is 24.3 Å². The van der Waals surface area contributed by atoms with E-state index in [4.69, 9.17) is 5.73 Å². The molecule has 0 saturated heterocycles. The number of aryl methyl sites for hydroxylation is 1. The van der Waals surface area contributed by atoms with Crippen LogP contribution < -0.4 is 11.1 Å². The topological polar surface area (TPSA) is 72.9 Å². The SMILES string of the molecule is CC(C)c1cc(C(=O)NCCN)nn1C.Cl. The second-order valence-corrected chi connectivity index (χ2v) is 3.78. The molecule has 5 nitrogen and oxygen atoms in total. The smallest absolute Gasteiger partial charge is 0.271 e. The molecule has 0 aliphatic rings. The number of nitrogens with two attached hydrogens (primary N) is 1. The van der Waals surface area contributed by atoms with E-state index >= 15 is 0 Å². The van der Waals surface area contributed by atoms with Crippen LogP contribution in [0.3, 0.4) is 0 Å². The third-order valence-corrected chi connectivity index (χ3v) is 2.17. The van der Waals surface area contributed by atoms with Crippen LogP contribution in [0.1, 0.15) is 35.9 Å². The number of nitrogens with one attached hydrogen (secondary N) is 1. The van der Waals surface area contributed by atoms with Crippen LogP contribution >= 0.6 is 12.4 Å². The molecule has 3 N–H and O–H groups in total. The lowest BCUT2D eigenvalue weighted by Gasteiger charge is -2.02. The zero-order chi connectivity index (χ0) is 11.4. The molecule has 1 rings (SSSR count). The average molecular weight is 247 g/mol. The van der Waals surface area contributed by atoms with Crippen LogP contribution in [0, 0.1) is 0 Å². The summed E-state index contributed by atoms with van der Waals surface area (Å²) < 4.78 is 1.74. The molecule has 0 unspecified atom stereocenters. The normalized spacial score (nSPS) is 10.1. The van der Waals surface area contributed by atoms with Gasteiger partial charge >= 0.3 is 0 Å². The molecule has 0 saturated carbocycles. The Morgan fingerprint density at radius 1 is 1.62 bits per heavy atom. The first-order valence-corrected chi connectivity index (χ1v) is 5.08. The molecule has 1 heterocycles. The van der Waals surface area contributed by atoms with Crippen molar-refractivity contribution in [1.29, 1.82) is 0 Å². The lowest BCUT2D eigenvalue weighted by atomic mass is 10.1. The van der Waals surface area contributed by atoms with E-state index in [9.17, 15) is 4.79 Å². The van der Waals surface area contributed by atoms with Crippen LogP contribution in [0.15, 0.2) is 6.07 Å². The fraction of sp³-hybridized carbons (Fsp3) is 0.600. The van der Waals surface area contributed by atoms with Crippen molar-refractivity contribution in [2.75, 3.05) is 13.1 Å². The Hall–Kier alpha value is -1.07. The molecule has 16 heavy (non-hydrogen) atoms. The number of hydrogen-bond donors (Lipinski definition) is 2. The Bertz CT molecular complexity index is 349. The summed E-state index contributed by atoms with van der Waals surface area (Å²) in [6.07, 6.45) is 0. The third kappa shape index (κ3) is 3.50. The van der Waals surface area contributed by atoms with Crippen molar-refractivity contribution in [1.82, 2.24) is 15.1 Å². The zero-order valence-electron chi connectivity index (χ0n) is 9.86. The highest BCUT2D eigenvalue weighted by Crippen LogP contribution is 2.14. The number of rotatable bonds is 4. The molecule has 0 atom stereocenters. The molecule has 92 valence electrons. The molecule has 1 amide bonds. The van der Waals surface area contributed by atoms with E-state index in [1.165, 1.54) is 0 Å². The van der Waals surface area contributed by atoms with Crippen LogP contribution in [0.2, 0.25) is 0 Å². The van der Waals surface area contributed by atoms with Gasteiger partial charge in [0.2, 0.25) is 0 Å². The highest BCUT2D eigenvalue weighted by Gasteiger charge is 2.13. The van der Waals surface area contributed by atoms with E-state index in [1.54, 1.807) is 4.68 Å². The Morgan fingerprint density at radius 3 is 2.69 bits per heavy atom. The van der Waals surface area contributed by atoms with Gasteiger partial charge in [-0.2, -0.15) is 5.10 Å². The first-order chi connectivity index (χ1) is 7.06. The largest absolute Gasteiger partial charge is 0.349 e. The Kier molecular flexibility index (Phi) is 6.06. The van der Waals surface area contributed by atoms with Crippen molar-refractivity contribution in [2.24, 2.45) is 12.8 Å². The van der Waals surface area contributed by atoms with Crippen molar-refractivity contribution in [2.45, 2.75) is 19.8 Å². The van der Waals surface area contributed by atoms with Crippen LogP contribution in [0.5, 0.6) is 0 Å². The lowest BCUT2D eigenvalue weighted by Crippen LogP contribution is -2.29. The fourth-order valence-electron chi connectivity index (χ4n) is 1.41. The summed E-state index contributed by atoms with van der Waals surface area (Å²) in [6.45, 7) is 5.05. The summed E-state index contributed by atoms with van der Waals surface area (Å²) in [7, 11) is 1.84. The number of carbonyl (C=O) groups is 1. The second kappa shape index (κ2) is 6.50. The van der Waals surface area contributed by atoms with Gasteiger partial charge in [-0.3, -0.25) is 9.48 Å². The summed E-state index contributed by atoms with van der Waals surface area (Å²) in [6, 6.07) is 1.82. The molecule has 0 radical (unpaired) electrons. The van der Waals surface area contributed by atoms with Gasteiger partial charge in [0.25, 0.3) is 5.91 Å². The molecule has 1 aromatic rings. The molecule has 0 spiro atoms. The van der Waals surface area contributed by atoms with Gasteiger partial charge in [0.15, 0.2) is 0 Å². The highest BCUT2D eigenvalue weighted by molar-refractivity contribution is 5.92. The minimum Gasteiger partial charge on any atom is -0.349 e.